The molecule has 0 aliphatic heterocycles. The molecule has 6 heteroatoms. The van der Waals surface area contributed by atoms with Gasteiger partial charge in [0.15, 0.2) is 5.16 Å². The fraction of sp³-hybridized carbons (Fsp3) is 0.750. The monoisotopic (exact) mass is 267 g/mol. The van der Waals surface area contributed by atoms with Gasteiger partial charge in [0.05, 0.1) is 0 Å². The van der Waals surface area contributed by atoms with Gasteiger partial charge in [-0.1, -0.05) is 24.6 Å². The van der Waals surface area contributed by atoms with Crippen LogP contribution in [0.5, 0.6) is 0 Å². The number of nitrogens with zero attached hydrogens (tertiary/aromatic N) is 4. The molecule has 1 aliphatic rings. The van der Waals surface area contributed by atoms with E-state index in [1.54, 1.807) is 11.8 Å². The lowest BCUT2D eigenvalue weighted by molar-refractivity contribution is 0.783. The molecule has 100 valence electrons. The second kappa shape index (κ2) is 6.22. The van der Waals surface area contributed by atoms with Gasteiger partial charge >= 0.3 is 0 Å². The van der Waals surface area contributed by atoms with Crippen molar-refractivity contribution in [2.24, 2.45) is 0 Å². The molecule has 5 nitrogen and oxygen atoms in total. The first-order valence-corrected chi connectivity index (χ1v) is 7.54. The van der Waals surface area contributed by atoms with Crippen molar-refractivity contribution in [2.45, 2.75) is 49.9 Å². The quantitative estimate of drug-likeness (QED) is 0.883. The lowest BCUT2D eigenvalue weighted by Crippen LogP contribution is -2.25. The molecule has 1 aromatic rings. The van der Waals surface area contributed by atoms with Crippen molar-refractivity contribution in [3.8, 4) is 0 Å². The molecule has 0 spiro atoms. The molecule has 2 rings (SSSR count). The van der Waals surface area contributed by atoms with Crippen LogP contribution in [-0.2, 0) is 0 Å². The molecule has 1 heterocycles. The summed E-state index contributed by atoms with van der Waals surface area (Å²) in [6, 6.07) is 0. The maximum atomic E-state index is 5.78. The summed E-state index contributed by atoms with van der Waals surface area (Å²) in [5, 5.41) is 1.42. The minimum Gasteiger partial charge on any atom is -0.368 e. The maximum Gasteiger partial charge on any atom is 0.231 e. The number of rotatable bonds is 5. The number of hydrogen-bond donors (Lipinski definition) is 1. The van der Waals surface area contributed by atoms with Gasteiger partial charge in [-0.2, -0.15) is 15.0 Å². The molecule has 0 bridgehead atoms. The standard InChI is InChI=1S/C12H21N5S/c1-3-17(4-2)11-14-10(13)15-12(16-11)18-9-7-5-6-8-9/h9H,3-8H2,1-2H3,(H2,13,14,15,16). The molecule has 18 heavy (non-hydrogen) atoms. The predicted molar refractivity (Wildman–Crippen MR) is 75.9 cm³/mol. The Morgan fingerprint density at radius 3 is 2.44 bits per heavy atom. The summed E-state index contributed by atoms with van der Waals surface area (Å²) >= 11 is 1.75. The Morgan fingerprint density at radius 2 is 1.83 bits per heavy atom. The van der Waals surface area contributed by atoms with Crippen LogP contribution in [0, 0.1) is 0 Å². The average molecular weight is 267 g/mol. The number of anilines is 2. The lowest BCUT2D eigenvalue weighted by Gasteiger charge is -2.19. The third kappa shape index (κ3) is 3.25. The number of thioether (sulfide) groups is 1. The zero-order valence-electron chi connectivity index (χ0n) is 11.1. The summed E-state index contributed by atoms with van der Waals surface area (Å²) in [7, 11) is 0. The molecule has 1 saturated carbocycles. The lowest BCUT2D eigenvalue weighted by atomic mass is 10.4. The average Bonchev–Trinajstić information content (AvgIpc) is 2.83. The van der Waals surface area contributed by atoms with E-state index < -0.39 is 0 Å². The molecule has 0 unspecified atom stereocenters. The normalized spacial score (nSPS) is 16.1. The van der Waals surface area contributed by atoms with Crippen LogP contribution >= 0.6 is 11.8 Å². The van der Waals surface area contributed by atoms with Crippen LogP contribution in [0.3, 0.4) is 0 Å². The molecule has 1 fully saturated rings. The highest BCUT2D eigenvalue weighted by Gasteiger charge is 2.19. The molecular formula is C12H21N5S. The summed E-state index contributed by atoms with van der Waals surface area (Å²) in [5.41, 5.74) is 5.78. The van der Waals surface area contributed by atoms with Gasteiger partial charge in [-0.25, -0.2) is 0 Å². The van der Waals surface area contributed by atoms with Crippen molar-refractivity contribution < 1.29 is 0 Å². The van der Waals surface area contributed by atoms with E-state index in [1.807, 2.05) is 0 Å². The third-order valence-corrected chi connectivity index (χ3v) is 4.44. The van der Waals surface area contributed by atoms with E-state index in [2.05, 4.69) is 33.7 Å². The fourth-order valence-electron chi connectivity index (χ4n) is 2.22. The Morgan fingerprint density at radius 1 is 1.17 bits per heavy atom. The summed E-state index contributed by atoms with van der Waals surface area (Å²) in [6.45, 7) is 5.95. The van der Waals surface area contributed by atoms with E-state index in [9.17, 15) is 0 Å². The van der Waals surface area contributed by atoms with Gasteiger partial charge in [-0.05, 0) is 26.7 Å². The van der Waals surface area contributed by atoms with Crippen molar-refractivity contribution in [3.63, 3.8) is 0 Å². The smallest absolute Gasteiger partial charge is 0.231 e. The zero-order valence-corrected chi connectivity index (χ0v) is 11.9. The van der Waals surface area contributed by atoms with Crippen LogP contribution in [0.25, 0.3) is 0 Å². The Labute approximate surface area is 113 Å². The van der Waals surface area contributed by atoms with Crippen molar-refractivity contribution in [3.05, 3.63) is 0 Å². The van der Waals surface area contributed by atoms with Crippen LogP contribution in [0.15, 0.2) is 5.16 Å². The third-order valence-electron chi connectivity index (χ3n) is 3.24. The van der Waals surface area contributed by atoms with Crippen LogP contribution in [0.4, 0.5) is 11.9 Å². The topological polar surface area (TPSA) is 67.9 Å². The van der Waals surface area contributed by atoms with Gasteiger partial charge in [0, 0.05) is 18.3 Å². The van der Waals surface area contributed by atoms with E-state index in [0.29, 0.717) is 17.1 Å². The van der Waals surface area contributed by atoms with E-state index in [1.165, 1.54) is 25.7 Å². The van der Waals surface area contributed by atoms with Crippen molar-refractivity contribution in [1.29, 1.82) is 0 Å². The largest absolute Gasteiger partial charge is 0.368 e. The van der Waals surface area contributed by atoms with Crippen LogP contribution in [0.1, 0.15) is 39.5 Å². The number of nitrogen functional groups attached to an aromatic ring is 1. The molecule has 0 radical (unpaired) electrons. The van der Waals surface area contributed by atoms with Gasteiger partial charge in [0.25, 0.3) is 0 Å². The zero-order chi connectivity index (χ0) is 13.0. The van der Waals surface area contributed by atoms with Crippen LogP contribution in [-0.4, -0.2) is 33.3 Å². The van der Waals surface area contributed by atoms with Gasteiger partial charge in [0.2, 0.25) is 11.9 Å². The van der Waals surface area contributed by atoms with Gasteiger partial charge in [0.1, 0.15) is 0 Å². The van der Waals surface area contributed by atoms with Gasteiger partial charge < -0.3 is 10.6 Å². The van der Waals surface area contributed by atoms with E-state index in [-0.39, 0.29) is 0 Å². The Bertz CT molecular complexity index is 388. The molecule has 0 amide bonds. The Hall–Kier alpha value is -1.04. The first-order chi connectivity index (χ1) is 8.72. The first-order valence-electron chi connectivity index (χ1n) is 6.66. The molecule has 0 atom stereocenters. The van der Waals surface area contributed by atoms with Crippen LogP contribution in [0.2, 0.25) is 0 Å². The van der Waals surface area contributed by atoms with E-state index >= 15 is 0 Å². The molecule has 0 aromatic carbocycles. The maximum absolute atomic E-state index is 5.78. The molecule has 0 saturated heterocycles. The Kier molecular flexibility index (Phi) is 4.63. The minimum atomic E-state index is 0.326. The minimum absolute atomic E-state index is 0.326. The Balaban J connectivity index is 2.14. The summed E-state index contributed by atoms with van der Waals surface area (Å²) < 4.78 is 0. The summed E-state index contributed by atoms with van der Waals surface area (Å²) in [5.74, 6) is 1.03. The second-order valence-electron chi connectivity index (χ2n) is 4.47. The molecule has 1 aliphatic carbocycles. The number of aromatic nitrogens is 3. The predicted octanol–water partition coefficient (Wildman–Crippen LogP) is 2.33. The highest BCUT2D eigenvalue weighted by Crippen LogP contribution is 2.33. The van der Waals surface area contributed by atoms with Crippen molar-refractivity contribution in [2.75, 3.05) is 23.7 Å². The highest BCUT2D eigenvalue weighted by atomic mass is 32.2. The SMILES string of the molecule is CCN(CC)c1nc(N)nc(SC2CCCC2)n1. The first kappa shape index (κ1) is 13.4. The van der Waals surface area contributed by atoms with Gasteiger partial charge in [-0.15, -0.1) is 0 Å². The highest BCUT2D eigenvalue weighted by molar-refractivity contribution is 7.99. The second-order valence-corrected chi connectivity index (χ2v) is 5.74. The van der Waals surface area contributed by atoms with Crippen molar-refractivity contribution >= 4 is 23.7 Å². The fourth-order valence-corrected chi connectivity index (χ4v) is 3.36. The molecule has 2 N–H and O–H groups in total. The van der Waals surface area contributed by atoms with Crippen LogP contribution < -0.4 is 10.6 Å². The molecular weight excluding hydrogens is 246 g/mol. The summed E-state index contributed by atoms with van der Waals surface area (Å²) in [4.78, 5) is 15.1. The number of hydrogen-bond acceptors (Lipinski definition) is 6. The van der Waals surface area contributed by atoms with Gasteiger partial charge in [-0.3, -0.25) is 0 Å². The van der Waals surface area contributed by atoms with Crippen molar-refractivity contribution in [1.82, 2.24) is 15.0 Å². The molecule has 1 aromatic heterocycles. The van der Waals surface area contributed by atoms with E-state index in [4.69, 9.17) is 5.73 Å². The van der Waals surface area contributed by atoms with E-state index in [0.717, 1.165) is 18.2 Å². The summed E-state index contributed by atoms with van der Waals surface area (Å²) in [6.07, 6.45) is 5.16. The number of nitrogens with two attached hydrogens (primary N) is 1.